The fourth-order valence-corrected chi connectivity index (χ4v) is 3.78. The zero-order chi connectivity index (χ0) is 21.4. The maximum absolute atomic E-state index is 12.3. The Kier molecular flexibility index (Phi) is 10.5. The van der Waals surface area contributed by atoms with Gasteiger partial charge in [-0.25, -0.2) is 4.79 Å². The van der Waals surface area contributed by atoms with Crippen molar-refractivity contribution in [3.63, 3.8) is 0 Å². The van der Waals surface area contributed by atoms with Crippen molar-refractivity contribution in [2.45, 2.75) is 82.6 Å². The summed E-state index contributed by atoms with van der Waals surface area (Å²) in [6.45, 7) is 10.9. The summed E-state index contributed by atoms with van der Waals surface area (Å²) < 4.78 is 33.3. The molecule has 0 amide bonds. The van der Waals surface area contributed by atoms with Crippen molar-refractivity contribution < 1.29 is 38.3 Å². The molecule has 166 valence electrons. The Balaban J connectivity index is 2.72. The number of carbonyl (C=O) groups is 1. The molecule has 0 saturated carbocycles. The highest BCUT2D eigenvalue weighted by Gasteiger charge is 2.43. The third-order valence-corrected chi connectivity index (χ3v) is 6.25. The van der Waals surface area contributed by atoms with Gasteiger partial charge in [0.1, 0.15) is 12.9 Å². The number of esters is 1. The van der Waals surface area contributed by atoms with Gasteiger partial charge >= 0.3 is 5.97 Å². The van der Waals surface area contributed by atoms with E-state index in [4.69, 9.17) is 28.4 Å². The number of aliphatic hydroxyl groups excluding tert-OH is 1. The second kappa shape index (κ2) is 11.6. The summed E-state index contributed by atoms with van der Waals surface area (Å²) in [6, 6.07) is 1.02. The Hall–Kier alpha value is -0.553. The average molecular weight is 423 g/mol. The minimum Gasteiger partial charge on any atom is -0.467 e. The fraction of sp³-hybridized carbons (Fsp3) is 0.947. The highest BCUT2D eigenvalue weighted by atomic mass is 28.3. The first-order valence-electron chi connectivity index (χ1n) is 9.77. The largest absolute Gasteiger partial charge is 0.467 e. The molecule has 0 spiro atoms. The highest BCUT2D eigenvalue weighted by molar-refractivity contribution is 6.76. The van der Waals surface area contributed by atoms with Crippen molar-refractivity contribution in [2.24, 2.45) is 0 Å². The van der Waals surface area contributed by atoms with E-state index in [0.29, 0.717) is 19.4 Å². The van der Waals surface area contributed by atoms with Crippen LogP contribution in [0.15, 0.2) is 0 Å². The van der Waals surface area contributed by atoms with E-state index in [1.54, 1.807) is 21.0 Å². The zero-order valence-electron chi connectivity index (χ0n) is 18.4. The lowest BCUT2D eigenvalue weighted by Gasteiger charge is -2.43. The number of hydrogen-bond donors (Lipinski definition) is 1. The Morgan fingerprint density at radius 2 is 1.93 bits per heavy atom. The quantitative estimate of drug-likeness (QED) is 0.221. The van der Waals surface area contributed by atoms with Gasteiger partial charge in [0.2, 0.25) is 0 Å². The minimum atomic E-state index is -1.19. The SMILES string of the molecule is COC(=O)[C@@H](OCOCC[Si](C)(C)C)[C@H]1C[C@@H](C[C@H](CO)OC)OC(C)(C)O1. The van der Waals surface area contributed by atoms with E-state index in [9.17, 15) is 9.90 Å². The van der Waals surface area contributed by atoms with Gasteiger partial charge in [0, 0.05) is 34.6 Å². The first-order valence-corrected chi connectivity index (χ1v) is 13.5. The van der Waals surface area contributed by atoms with E-state index in [1.807, 2.05) is 0 Å². The molecule has 4 atom stereocenters. The third-order valence-electron chi connectivity index (χ3n) is 4.54. The van der Waals surface area contributed by atoms with Crippen LogP contribution in [0.2, 0.25) is 25.7 Å². The molecule has 0 aromatic carbocycles. The van der Waals surface area contributed by atoms with Gasteiger partial charge in [-0.3, -0.25) is 0 Å². The predicted octanol–water partition coefficient (Wildman–Crippen LogP) is 2.16. The van der Waals surface area contributed by atoms with Crippen LogP contribution in [-0.2, 0) is 33.2 Å². The summed E-state index contributed by atoms with van der Waals surface area (Å²) in [5.74, 6) is -1.42. The monoisotopic (exact) mass is 422 g/mol. The molecule has 1 N–H and O–H groups in total. The Morgan fingerprint density at radius 1 is 1.25 bits per heavy atom. The Morgan fingerprint density at radius 3 is 2.46 bits per heavy atom. The first-order chi connectivity index (χ1) is 13.0. The molecule has 0 aromatic heterocycles. The number of aliphatic hydroxyl groups is 1. The van der Waals surface area contributed by atoms with Crippen LogP contribution in [0.3, 0.4) is 0 Å². The van der Waals surface area contributed by atoms with Gasteiger partial charge in [-0.05, 0) is 19.9 Å². The van der Waals surface area contributed by atoms with Crippen LogP contribution >= 0.6 is 0 Å². The molecule has 1 aliphatic heterocycles. The van der Waals surface area contributed by atoms with Crippen LogP contribution in [0, 0.1) is 0 Å². The maximum atomic E-state index is 12.3. The molecule has 1 saturated heterocycles. The standard InChI is InChI=1S/C19H38O8Si/c1-19(2)26-14(10-15(12-20)22-3)11-16(27-19)17(18(21)23-4)25-13-24-8-9-28(5,6)7/h14-17,20H,8-13H2,1-7H3/t14-,15-,16-,17+/m1/s1. The van der Waals surface area contributed by atoms with E-state index in [2.05, 4.69) is 19.6 Å². The van der Waals surface area contributed by atoms with Crippen LogP contribution in [0.5, 0.6) is 0 Å². The lowest BCUT2D eigenvalue weighted by Crippen LogP contribution is -2.52. The second-order valence-electron chi connectivity index (χ2n) is 8.75. The first kappa shape index (κ1) is 25.5. The predicted molar refractivity (Wildman–Crippen MR) is 107 cm³/mol. The maximum Gasteiger partial charge on any atom is 0.337 e. The normalized spacial score (nSPS) is 24.6. The van der Waals surface area contributed by atoms with Crippen molar-refractivity contribution in [3.05, 3.63) is 0 Å². The topological polar surface area (TPSA) is 92.7 Å². The molecule has 1 heterocycles. The van der Waals surface area contributed by atoms with Gasteiger partial charge in [-0.15, -0.1) is 0 Å². The summed E-state index contributed by atoms with van der Waals surface area (Å²) in [5, 5.41) is 9.39. The summed E-state index contributed by atoms with van der Waals surface area (Å²) in [5.41, 5.74) is 0. The van der Waals surface area contributed by atoms with E-state index in [0.717, 1.165) is 6.04 Å². The van der Waals surface area contributed by atoms with Crippen LogP contribution in [0.1, 0.15) is 26.7 Å². The number of hydrogen-bond acceptors (Lipinski definition) is 8. The second-order valence-corrected chi connectivity index (χ2v) is 14.4. The van der Waals surface area contributed by atoms with E-state index in [-0.39, 0.29) is 25.6 Å². The van der Waals surface area contributed by atoms with Crippen LogP contribution in [0.25, 0.3) is 0 Å². The van der Waals surface area contributed by atoms with Crippen LogP contribution in [-0.4, -0.2) is 83.6 Å². The molecule has 0 aliphatic carbocycles. The number of rotatable bonds is 12. The lowest BCUT2D eigenvalue weighted by atomic mass is 9.99. The smallest absolute Gasteiger partial charge is 0.337 e. The van der Waals surface area contributed by atoms with Crippen molar-refractivity contribution >= 4 is 14.0 Å². The summed E-state index contributed by atoms with van der Waals surface area (Å²) >= 11 is 0. The number of methoxy groups -OCH3 is 2. The number of carbonyl (C=O) groups excluding carboxylic acids is 1. The Labute approximate surface area is 169 Å². The van der Waals surface area contributed by atoms with Gasteiger partial charge in [-0.1, -0.05) is 19.6 Å². The molecule has 0 radical (unpaired) electrons. The number of ether oxygens (including phenoxy) is 6. The van der Waals surface area contributed by atoms with Crippen molar-refractivity contribution in [1.29, 1.82) is 0 Å². The lowest BCUT2D eigenvalue weighted by molar-refractivity contribution is -0.320. The zero-order valence-corrected chi connectivity index (χ0v) is 19.4. The van der Waals surface area contributed by atoms with E-state index >= 15 is 0 Å². The molecule has 0 aromatic rings. The van der Waals surface area contributed by atoms with Gasteiger partial charge in [-0.2, -0.15) is 0 Å². The van der Waals surface area contributed by atoms with Crippen LogP contribution in [0.4, 0.5) is 0 Å². The molecule has 1 fully saturated rings. The molecule has 0 bridgehead atoms. The molecule has 0 unspecified atom stereocenters. The molecule has 8 nitrogen and oxygen atoms in total. The fourth-order valence-electron chi connectivity index (χ4n) is 3.02. The summed E-state index contributed by atoms with van der Waals surface area (Å²) in [4.78, 5) is 12.3. The molecule has 28 heavy (non-hydrogen) atoms. The molecular weight excluding hydrogens is 384 g/mol. The average Bonchev–Trinajstić information content (AvgIpc) is 2.59. The third kappa shape index (κ3) is 9.30. The van der Waals surface area contributed by atoms with Gasteiger partial charge in [0.15, 0.2) is 11.9 Å². The minimum absolute atomic E-state index is 0.00655. The van der Waals surface area contributed by atoms with Crippen molar-refractivity contribution in [1.82, 2.24) is 0 Å². The Bertz CT molecular complexity index is 461. The summed E-state index contributed by atoms with van der Waals surface area (Å²) in [6.07, 6.45) is -1.18. The van der Waals surface area contributed by atoms with Gasteiger partial charge < -0.3 is 33.5 Å². The molecule has 1 rings (SSSR count). The van der Waals surface area contributed by atoms with E-state index < -0.39 is 32.0 Å². The molecule has 1 aliphatic rings. The molecule has 9 heteroatoms. The van der Waals surface area contributed by atoms with Gasteiger partial charge in [0.25, 0.3) is 0 Å². The van der Waals surface area contributed by atoms with Gasteiger partial charge in [0.05, 0.1) is 25.9 Å². The van der Waals surface area contributed by atoms with E-state index in [1.165, 1.54) is 7.11 Å². The highest BCUT2D eigenvalue weighted by Crippen LogP contribution is 2.32. The van der Waals surface area contributed by atoms with Crippen LogP contribution < -0.4 is 0 Å². The van der Waals surface area contributed by atoms with Crippen molar-refractivity contribution in [3.8, 4) is 0 Å². The molecular formula is C19H38O8Si. The van der Waals surface area contributed by atoms with Crippen molar-refractivity contribution in [2.75, 3.05) is 34.2 Å². The summed E-state index contributed by atoms with van der Waals surface area (Å²) in [7, 11) is 1.67.